The Kier molecular flexibility index (Phi) is 4.37. The van der Waals surface area contributed by atoms with Crippen LogP contribution in [0.4, 0.5) is 0 Å². The van der Waals surface area contributed by atoms with Crippen molar-refractivity contribution >= 4 is 10.1 Å². The minimum absolute atomic E-state index is 0.231. The third-order valence-electron chi connectivity index (χ3n) is 3.15. The summed E-state index contributed by atoms with van der Waals surface area (Å²) in [4.78, 5) is 2.46. The lowest BCUT2D eigenvalue weighted by molar-refractivity contribution is 0.241. The monoisotopic (exact) mass is 269 g/mol. The Morgan fingerprint density at radius 2 is 1.78 bits per heavy atom. The number of aryl methyl sites for hydroxylation is 1. The maximum absolute atomic E-state index is 11.9. The molecule has 100 valence electrons. The number of hydrogen-bond acceptors (Lipinski definition) is 4. The number of likely N-dealkylation sites (tertiary alicyclic amines) is 1. The Morgan fingerprint density at radius 3 is 2.39 bits per heavy atom. The van der Waals surface area contributed by atoms with Crippen LogP contribution in [0.2, 0.25) is 0 Å². The lowest BCUT2D eigenvalue weighted by Gasteiger charge is -2.14. The van der Waals surface area contributed by atoms with Crippen molar-refractivity contribution in [1.29, 1.82) is 0 Å². The molecule has 1 aromatic rings. The van der Waals surface area contributed by atoms with E-state index in [1.165, 1.54) is 12.8 Å². The summed E-state index contributed by atoms with van der Waals surface area (Å²) in [6.07, 6.45) is 2.40. The molecule has 0 radical (unpaired) electrons. The van der Waals surface area contributed by atoms with Gasteiger partial charge in [-0.25, -0.2) is 0 Å². The second-order valence-corrected chi connectivity index (χ2v) is 6.25. The standard InChI is InChI=1S/C13H19NO3S/c1-12-4-6-13(7-5-12)18(15,16)17-11-10-14-8-2-3-9-14/h4-7H,2-3,8-11H2,1H3. The quantitative estimate of drug-likeness (QED) is 0.765. The van der Waals surface area contributed by atoms with E-state index >= 15 is 0 Å². The molecule has 2 rings (SSSR count). The Morgan fingerprint density at radius 1 is 1.17 bits per heavy atom. The zero-order valence-electron chi connectivity index (χ0n) is 10.6. The Hall–Kier alpha value is -0.910. The van der Waals surface area contributed by atoms with Gasteiger partial charge in [-0.15, -0.1) is 0 Å². The van der Waals surface area contributed by atoms with Gasteiger partial charge < -0.3 is 4.90 Å². The second-order valence-electron chi connectivity index (χ2n) is 4.64. The molecule has 0 aromatic heterocycles. The van der Waals surface area contributed by atoms with Crippen LogP contribution in [-0.2, 0) is 14.3 Å². The molecule has 0 bridgehead atoms. The molecule has 0 amide bonds. The Labute approximate surface area is 109 Å². The van der Waals surface area contributed by atoms with Gasteiger partial charge in [-0.1, -0.05) is 17.7 Å². The van der Waals surface area contributed by atoms with Gasteiger partial charge in [0.2, 0.25) is 0 Å². The topological polar surface area (TPSA) is 46.6 Å². The summed E-state index contributed by atoms with van der Waals surface area (Å²) in [6, 6.07) is 6.72. The molecule has 5 heteroatoms. The number of rotatable bonds is 5. The van der Waals surface area contributed by atoms with E-state index in [4.69, 9.17) is 4.18 Å². The van der Waals surface area contributed by atoms with Crippen molar-refractivity contribution in [1.82, 2.24) is 4.90 Å². The van der Waals surface area contributed by atoms with E-state index in [-0.39, 0.29) is 11.5 Å². The van der Waals surface area contributed by atoms with E-state index < -0.39 is 10.1 Å². The summed E-state index contributed by atoms with van der Waals surface area (Å²) in [6.45, 7) is 4.94. The summed E-state index contributed by atoms with van der Waals surface area (Å²) >= 11 is 0. The van der Waals surface area contributed by atoms with Crippen molar-refractivity contribution in [3.8, 4) is 0 Å². The summed E-state index contributed by atoms with van der Waals surface area (Å²) in [7, 11) is -3.60. The van der Waals surface area contributed by atoms with Crippen LogP contribution in [0.3, 0.4) is 0 Å². The minimum atomic E-state index is -3.60. The van der Waals surface area contributed by atoms with Crippen molar-refractivity contribution in [3.05, 3.63) is 29.8 Å². The predicted molar refractivity (Wildman–Crippen MR) is 70.0 cm³/mol. The van der Waals surface area contributed by atoms with Crippen molar-refractivity contribution in [2.75, 3.05) is 26.2 Å². The van der Waals surface area contributed by atoms with Crippen LogP contribution < -0.4 is 0 Å². The third-order valence-corrected chi connectivity index (χ3v) is 4.48. The predicted octanol–water partition coefficient (Wildman–Crippen LogP) is 1.80. The fourth-order valence-corrected chi connectivity index (χ4v) is 2.95. The highest BCUT2D eigenvalue weighted by molar-refractivity contribution is 7.86. The molecule has 1 heterocycles. The van der Waals surface area contributed by atoms with E-state index in [9.17, 15) is 8.42 Å². The van der Waals surface area contributed by atoms with E-state index in [0.717, 1.165) is 18.7 Å². The van der Waals surface area contributed by atoms with Gasteiger partial charge >= 0.3 is 0 Å². The third kappa shape index (κ3) is 3.54. The molecule has 1 aliphatic rings. The van der Waals surface area contributed by atoms with Gasteiger partial charge in [0.1, 0.15) is 0 Å². The van der Waals surface area contributed by atoms with Crippen LogP contribution in [0, 0.1) is 6.92 Å². The van der Waals surface area contributed by atoms with Gasteiger partial charge in [0.25, 0.3) is 10.1 Å². The van der Waals surface area contributed by atoms with Gasteiger partial charge in [-0.3, -0.25) is 4.18 Å². The number of benzene rings is 1. The van der Waals surface area contributed by atoms with Crippen molar-refractivity contribution < 1.29 is 12.6 Å². The highest BCUT2D eigenvalue weighted by Crippen LogP contribution is 2.13. The highest BCUT2D eigenvalue weighted by atomic mass is 32.2. The first-order valence-electron chi connectivity index (χ1n) is 6.26. The summed E-state index contributed by atoms with van der Waals surface area (Å²) in [5.41, 5.74) is 1.03. The summed E-state index contributed by atoms with van der Waals surface area (Å²) in [5.74, 6) is 0. The van der Waals surface area contributed by atoms with Gasteiger partial charge in [0.15, 0.2) is 0 Å². The molecular weight excluding hydrogens is 250 g/mol. The van der Waals surface area contributed by atoms with Gasteiger partial charge in [0, 0.05) is 6.54 Å². The van der Waals surface area contributed by atoms with Crippen LogP contribution in [0.5, 0.6) is 0 Å². The summed E-state index contributed by atoms with van der Waals surface area (Å²) < 4.78 is 28.8. The van der Waals surface area contributed by atoms with Crippen LogP contribution in [0.15, 0.2) is 29.2 Å². The normalized spacial score (nSPS) is 17.2. The van der Waals surface area contributed by atoms with E-state index in [0.29, 0.717) is 6.54 Å². The van der Waals surface area contributed by atoms with Gasteiger partial charge in [0.05, 0.1) is 11.5 Å². The average molecular weight is 269 g/mol. The van der Waals surface area contributed by atoms with E-state index in [1.54, 1.807) is 24.3 Å². The van der Waals surface area contributed by atoms with Crippen molar-refractivity contribution in [2.45, 2.75) is 24.7 Å². The molecule has 0 unspecified atom stereocenters. The average Bonchev–Trinajstić information content (AvgIpc) is 2.82. The molecule has 1 aromatic carbocycles. The number of hydrogen-bond donors (Lipinski definition) is 0. The zero-order valence-corrected chi connectivity index (χ0v) is 11.4. The van der Waals surface area contributed by atoms with Crippen molar-refractivity contribution in [2.24, 2.45) is 0 Å². The first-order chi connectivity index (χ1) is 8.58. The molecule has 0 spiro atoms. The maximum atomic E-state index is 11.9. The van der Waals surface area contributed by atoms with Crippen LogP contribution in [-0.4, -0.2) is 39.6 Å². The molecule has 0 atom stereocenters. The Balaban J connectivity index is 1.88. The largest absolute Gasteiger partial charge is 0.301 e. The smallest absolute Gasteiger partial charge is 0.297 e. The molecule has 4 nitrogen and oxygen atoms in total. The lowest BCUT2D eigenvalue weighted by Crippen LogP contribution is -2.25. The second kappa shape index (κ2) is 5.82. The first kappa shape index (κ1) is 13.5. The molecular formula is C13H19NO3S. The van der Waals surface area contributed by atoms with Crippen LogP contribution >= 0.6 is 0 Å². The zero-order chi connectivity index (χ0) is 13.0. The summed E-state index contributed by atoms with van der Waals surface area (Å²) in [5, 5.41) is 0. The fourth-order valence-electron chi connectivity index (χ4n) is 2.06. The highest BCUT2D eigenvalue weighted by Gasteiger charge is 2.16. The molecule has 0 aliphatic carbocycles. The van der Waals surface area contributed by atoms with E-state index in [1.807, 2.05) is 6.92 Å². The first-order valence-corrected chi connectivity index (χ1v) is 7.67. The van der Waals surface area contributed by atoms with Crippen LogP contribution in [0.1, 0.15) is 18.4 Å². The molecule has 0 saturated carbocycles. The molecule has 18 heavy (non-hydrogen) atoms. The van der Waals surface area contributed by atoms with Crippen molar-refractivity contribution in [3.63, 3.8) is 0 Å². The molecule has 1 saturated heterocycles. The van der Waals surface area contributed by atoms with Gasteiger partial charge in [-0.2, -0.15) is 8.42 Å². The molecule has 0 N–H and O–H groups in total. The SMILES string of the molecule is Cc1ccc(S(=O)(=O)OCCN2CCCC2)cc1. The minimum Gasteiger partial charge on any atom is -0.301 e. The van der Waals surface area contributed by atoms with Gasteiger partial charge in [-0.05, 0) is 45.0 Å². The fraction of sp³-hybridized carbons (Fsp3) is 0.538. The molecule has 1 aliphatic heterocycles. The number of nitrogens with zero attached hydrogens (tertiary/aromatic N) is 1. The molecule has 1 fully saturated rings. The Bertz CT molecular complexity index is 475. The van der Waals surface area contributed by atoms with E-state index in [2.05, 4.69) is 4.90 Å². The van der Waals surface area contributed by atoms with Crippen LogP contribution in [0.25, 0.3) is 0 Å². The maximum Gasteiger partial charge on any atom is 0.297 e. The lowest BCUT2D eigenvalue weighted by atomic mass is 10.2.